The van der Waals surface area contributed by atoms with Crippen molar-refractivity contribution in [3.63, 3.8) is 0 Å². The fourth-order valence-electron chi connectivity index (χ4n) is 4.85. The van der Waals surface area contributed by atoms with Crippen molar-refractivity contribution in [1.29, 1.82) is 0 Å². The highest BCUT2D eigenvalue weighted by Gasteiger charge is 2.38. The Morgan fingerprint density at radius 1 is 1.05 bits per heavy atom. The third kappa shape index (κ3) is 8.10. The molecule has 43 heavy (non-hydrogen) atoms. The van der Waals surface area contributed by atoms with E-state index < -0.39 is 12.4 Å². The zero-order valence-corrected chi connectivity index (χ0v) is 25.8. The zero-order chi connectivity index (χ0) is 30.2. The number of carbonyl (C=O) groups is 1. The number of rotatable bonds is 11. The summed E-state index contributed by atoms with van der Waals surface area (Å²) in [6.45, 7) is 8.19. The smallest absolute Gasteiger partial charge is 0.407 e. The van der Waals surface area contributed by atoms with E-state index in [1.165, 1.54) is 6.08 Å². The molecule has 10 heteroatoms. The summed E-state index contributed by atoms with van der Waals surface area (Å²) in [6, 6.07) is 24.1. The van der Waals surface area contributed by atoms with Crippen LogP contribution in [0.3, 0.4) is 0 Å². The molecule has 0 unspecified atom stereocenters. The molecule has 0 aliphatic carbocycles. The molecule has 0 spiro atoms. The second-order valence-electron chi connectivity index (χ2n) is 10.3. The van der Waals surface area contributed by atoms with E-state index in [2.05, 4.69) is 41.1 Å². The summed E-state index contributed by atoms with van der Waals surface area (Å²) in [4.78, 5) is 11.8. The van der Waals surface area contributed by atoms with E-state index >= 15 is 0 Å². The second kappa shape index (κ2) is 14.8. The summed E-state index contributed by atoms with van der Waals surface area (Å²) in [7, 11) is 0. The molecule has 4 aromatic rings. The van der Waals surface area contributed by atoms with Gasteiger partial charge in [0.1, 0.15) is 11.6 Å². The van der Waals surface area contributed by atoms with Crippen LogP contribution in [0.4, 0.5) is 4.79 Å². The molecule has 2 heterocycles. The van der Waals surface area contributed by atoms with Gasteiger partial charge < -0.3 is 24.6 Å². The Labute approximate surface area is 260 Å². The van der Waals surface area contributed by atoms with E-state index in [1.807, 2.05) is 67.6 Å². The molecule has 4 atom stereocenters. The highest BCUT2D eigenvalue weighted by molar-refractivity contribution is 8.01. The molecule has 0 saturated carbocycles. The first-order valence-corrected chi connectivity index (χ1v) is 15.9. The lowest BCUT2D eigenvalue weighted by atomic mass is 9.91. The van der Waals surface area contributed by atoms with Crippen LogP contribution in [0.5, 0.6) is 0 Å². The molecule has 224 valence electrons. The predicted octanol–water partition coefficient (Wildman–Crippen LogP) is 7.00. The van der Waals surface area contributed by atoms with Crippen molar-refractivity contribution in [1.82, 2.24) is 15.5 Å². The third-order valence-corrected chi connectivity index (χ3v) is 9.27. The van der Waals surface area contributed by atoms with Gasteiger partial charge in [0.15, 0.2) is 10.6 Å². The Morgan fingerprint density at radius 3 is 2.51 bits per heavy atom. The Kier molecular flexibility index (Phi) is 10.6. The molecule has 1 amide bonds. The van der Waals surface area contributed by atoms with Crippen LogP contribution in [-0.2, 0) is 27.4 Å². The van der Waals surface area contributed by atoms with Crippen LogP contribution in [0.2, 0.25) is 0 Å². The molecule has 1 aromatic heterocycles. The third-order valence-electron chi connectivity index (χ3n) is 7.21. The number of aryl methyl sites for hydroxylation is 1. The van der Waals surface area contributed by atoms with Crippen LogP contribution >= 0.6 is 23.1 Å². The van der Waals surface area contributed by atoms with Crippen LogP contribution < -0.4 is 5.32 Å². The fourth-order valence-corrected chi connectivity index (χ4v) is 6.86. The van der Waals surface area contributed by atoms with Crippen LogP contribution in [0.25, 0.3) is 11.1 Å². The highest BCUT2D eigenvalue weighted by atomic mass is 32.2. The lowest BCUT2D eigenvalue weighted by Gasteiger charge is -2.41. The van der Waals surface area contributed by atoms with Crippen molar-refractivity contribution in [2.24, 2.45) is 5.92 Å². The van der Waals surface area contributed by atoms with Gasteiger partial charge in [0.2, 0.25) is 0 Å². The van der Waals surface area contributed by atoms with Crippen molar-refractivity contribution in [3.8, 4) is 11.1 Å². The van der Waals surface area contributed by atoms with Crippen molar-refractivity contribution >= 4 is 29.2 Å². The molecule has 1 aliphatic heterocycles. The Hall–Kier alpha value is -3.54. The number of aliphatic hydroxyl groups is 1. The van der Waals surface area contributed by atoms with E-state index in [-0.39, 0.29) is 31.3 Å². The molecule has 1 fully saturated rings. The summed E-state index contributed by atoms with van der Waals surface area (Å²) in [5.74, 6) is 0.809. The van der Waals surface area contributed by atoms with Gasteiger partial charge in [-0.2, -0.15) is 0 Å². The normalized spacial score (nSPS) is 20.0. The largest absolute Gasteiger partial charge is 0.445 e. The SMILES string of the molecule is C=CCOC(=O)NCc1cccc(-c2ccc([C@H]3O[C@@H](CSc4nnc(C)s4)[C@@H](C)[C@@H](c4ccc(CO)cc4)O3)cc2)c1. The zero-order valence-electron chi connectivity index (χ0n) is 24.1. The molecule has 2 N–H and O–H groups in total. The molecular formula is C33H35N3O5S2. The summed E-state index contributed by atoms with van der Waals surface area (Å²) in [6.07, 6.45) is 0.234. The molecule has 8 nitrogen and oxygen atoms in total. The number of nitrogens with one attached hydrogen (secondary N) is 1. The van der Waals surface area contributed by atoms with Gasteiger partial charge in [0.25, 0.3) is 0 Å². The van der Waals surface area contributed by atoms with Gasteiger partial charge in [0.05, 0.1) is 18.8 Å². The standard InChI is InChI=1S/C33H35N3O5S2/c1-4-16-39-32(38)34-18-24-6-5-7-28(17-24)25-12-14-27(15-13-25)31-40-29(20-42-33-36-35-22(3)43-33)21(2)30(41-31)26-10-8-23(19-37)9-11-26/h4-15,17,21,29-31,37H,1,16,18-20H2,2-3H3,(H,34,38)/t21-,29+,30+,31+/m1/s1. The average molecular weight is 618 g/mol. The number of aliphatic hydroxyl groups excluding tert-OH is 1. The van der Waals surface area contributed by atoms with Crippen molar-refractivity contribution < 1.29 is 24.1 Å². The number of alkyl carbamates (subject to hydrolysis) is 1. The topological polar surface area (TPSA) is 103 Å². The Balaban J connectivity index is 1.32. The number of benzene rings is 3. The number of nitrogens with zero attached hydrogens (tertiary/aromatic N) is 2. The minimum absolute atomic E-state index is 0.00165. The molecule has 5 rings (SSSR count). The highest BCUT2D eigenvalue weighted by Crippen LogP contribution is 2.43. The molecule has 3 aromatic carbocycles. The van der Waals surface area contributed by atoms with Crippen LogP contribution in [0.1, 0.15) is 46.6 Å². The van der Waals surface area contributed by atoms with Crippen LogP contribution in [-0.4, -0.2) is 39.9 Å². The first kappa shape index (κ1) is 30.9. The first-order valence-electron chi connectivity index (χ1n) is 14.1. The maximum Gasteiger partial charge on any atom is 0.407 e. The quantitative estimate of drug-likeness (QED) is 0.137. The first-order chi connectivity index (χ1) is 20.9. The number of aromatic nitrogens is 2. The Morgan fingerprint density at radius 2 is 1.81 bits per heavy atom. The number of thioether (sulfide) groups is 1. The van der Waals surface area contributed by atoms with E-state index in [1.54, 1.807) is 23.1 Å². The molecule has 0 bridgehead atoms. The predicted molar refractivity (Wildman–Crippen MR) is 169 cm³/mol. The number of ether oxygens (including phenoxy) is 3. The second-order valence-corrected chi connectivity index (χ2v) is 12.7. The van der Waals surface area contributed by atoms with Crippen LogP contribution in [0.15, 0.2) is 89.8 Å². The van der Waals surface area contributed by atoms with Gasteiger partial charge >= 0.3 is 6.09 Å². The minimum atomic E-state index is -0.549. The Bertz CT molecular complexity index is 1510. The lowest BCUT2D eigenvalue weighted by Crippen LogP contribution is -2.38. The van der Waals surface area contributed by atoms with Crippen molar-refractivity contribution in [2.75, 3.05) is 12.4 Å². The molecular weight excluding hydrogens is 583 g/mol. The maximum absolute atomic E-state index is 11.8. The van der Waals surface area contributed by atoms with Crippen molar-refractivity contribution in [2.45, 2.75) is 49.8 Å². The van der Waals surface area contributed by atoms with Crippen molar-refractivity contribution in [3.05, 3.63) is 113 Å². The van der Waals surface area contributed by atoms with Gasteiger partial charge in [-0.15, -0.1) is 10.2 Å². The number of carbonyl (C=O) groups excluding carboxylic acids is 1. The molecule has 1 aliphatic rings. The monoisotopic (exact) mass is 617 g/mol. The maximum atomic E-state index is 11.8. The van der Waals surface area contributed by atoms with Gasteiger partial charge in [-0.1, -0.05) is 109 Å². The van der Waals surface area contributed by atoms with E-state index in [0.29, 0.717) is 6.54 Å². The van der Waals surface area contributed by atoms with Gasteiger partial charge in [-0.25, -0.2) is 4.79 Å². The van der Waals surface area contributed by atoms with Gasteiger partial charge in [0, 0.05) is 23.8 Å². The van der Waals surface area contributed by atoms with E-state index in [9.17, 15) is 9.90 Å². The van der Waals surface area contributed by atoms with E-state index in [4.69, 9.17) is 14.2 Å². The van der Waals surface area contributed by atoms with Gasteiger partial charge in [-0.05, 0) is 40.8 Å². The number of amides is 1. The van der Waals surface area contributed by atoms with Gasteiger partial charge in [-0.3, -0.25) is 0 Å². The summed E-state index contributed by atoms with van der Waals surface area (Å²) in [5, 5.41) is 21.6. The summed E-state index contributed by atoms with van der Waals surface area (Å²) in [5.41, 5.74) is 5.88. The average Bonchev–Trinajstić information content (AvgIpc) is 3.47. The fraction of sp³-hybridized carbons (Fsp3) is 0.303. The minimum Gasteiger partial charge on any atom is -0.445 e. The lowest BCUT2D eigenvalue weighted by molar-refractivity contribution is -0.268. The van der Waals surface area contributed by atoms with Crippen LogP contribution in [0, 0.1) is 12.8 Å². The van der Waals surface area contributed by atoms with E-state index in [0.717, 1.165) is 48.5 Å². The number of hydrogen-bond donors (Lipinski definition) is 2. The summed E-state index contributed by atoms with van der Waals surface area (Å²) < 4.78 is 19.1. The number of hydrogen-bond acceptors (Lipinski definition) is 9. The molecule has 0 radical (unpaired) electrons. The summed E-state index contributed by atoms with van der Waals surface area (Å²) >= 11 is 3.24. The molecule has 1 saturated heterocycles.